The molecule has 0 unspecified atom stereocenters. The zero-order valence-electron chi connectivity index (χ0n) is 12.0. The number of aromatic nitrogens is 1. The van der Waals surface area contributed by atoms with E-state index in [9.17, 15) is 0 Å². The Kier molecular flexibility index (Phi) is 4.51. The van der Waals surface area contributed by atoms with Gasteiger partial charge in [0.25, 0.3) is 0 Å². The molecule has 3 rings (SSSR count). The Morgan fingerprint density at radius 2 is 1.91 bits per heavy atom. The lowest BCUT2D eigenvalue weighted by atomic mass is 10.0. The number of anilines is 1. The summed E-state index contributed by atoms with van der Waals surface area (Å²) in [5, 5.41) is 7.72. The van der Waals surface area contributed by atoms with Crippen molar-refractivity contribution >= 4 is 34.3 Å². The molecular formula is C17H14ClN3S. The molecule has 0 spiro atoms. The quantitative estimate of drug-likeness (QED) is 0.527. The van der Waals surface area contributed by atoms with Crippen molar-refractivity contribution in [3.05, 3.63) is 70.2 Å². The lowest BCUT2D eigenvalue weighted by molar-refractivity contribution is 1.22. The Bertz CT molecular complexity index is 794. The van der Waals surface area contributed by atoms with E-state index in [1.54, 1.807) is 6.21 Å². The van der Waals surface area contributed by atoms with Gasteiger partial charge in [-0.2, -0.15) is 5.10 Å². The van der Waals surface area contributed by atoms with Gasteiger partial charge in [0.15, 0.2) is 0 Å². The van der Waals surface area contributed by atoms with Crippen molar-refractivity contribution in [3.8, 4) is 11.1 Å². The molecule has 110 valence electrons. The minimum atomic E-state index is 0.754. The van der Waals surface area contributed by atoms with Gasteiger partial charge in [0.2, 0.25) is 5.13 Å². The molecular weight excluding hydrogens is 314 g/mol. The molecule has 0 aliphatic carbocycles. The molecule has 0 atom stereocenters. The SMILES string of the molecule is Cc1csc(NN=Cc2ccc(-c3ccccc3Cl)cc2)n1. The molecule has 0 saturated carbocycles. The van der Waals surface area contributed by atoms with Crippen molar-refractivity contribution in [1.29, 1.82) is 0 Å². The van der Waals surface area contributed by atoms with E-state index in [0.717, 1.165) is 32.5 Å². The fourth-order valence-corrected chi connectivity index (χ4v) is 2.89. The number of hydrazone groups is 1. The van der Waals surface area contributed by atoms with Crippen LogP contribution in [0.1, 0.15) is 11.3 Å². The molecule has 1 aromatic heterocycles. The molecule has 0 saturated heterocycles. The summed E-state index contributed by atoms with van der Waals surface area (Å²) in [5.74, 6) is 0. The van der Waals surface area contributed by atoms with Crippen LogP contribution in [0.5, 0.6) is 0 Å². The number of hydrogen-bond donors (Lipinski definition) is 1. The van der Waals surface area contributed by atoms with Gasteiger partial charge in [0, 0.05) is 16.0 Å². The van der Waals surface area contributed by atoms with Crippen LogP contribution in [0.4, 0.5) is 5.13 Å². The molecule has 3 aromatic rings. The normalized spacial score (nSPS) is 11.0. The van der Waals surface area contributed by atoms with Crippen molar-refractivity contribution in [2.75, 3.05) is 5.43 Å². The summed E-state index contributed by atoms with van der Waals surface area (Å²) in [6.07, 6.45) is 1.77. The first kappa shape index (κ1) is 14.8. The molecule has 1 heterocycles. The van der Waals surface area contributed by atoms with E-state index in [-0.39, 0.29) is 0 Å². The summed E-state index contributed by atoms with van der Waals surface area (Å²) in [6.45, 7) is 1.96. The second-order valence-corrected chi connectivity index (χ2v) is 6.03. The largest absolute Gasteiger partial charge is 0.253 e. The molecule has 0 aliphatic rings. The number of thiazole rings is 1. The number of halogens is 1. The van der Waals surface area contributed by atoms with Gasteiger partial charge >= 0.3 is 0 Å². The maximum Gasteiger partial charge on any atom is 0.203 e. The fourth-order valence-electron chi connectivity index (χ4n) is 2.01. The highest BCUT2D eigenvalue weighted by atomic mass is 35.5. The molecule has 0 fully saturated rings. The van der Waals surface area contributed by atoms with E-state index in [0.29, 0.717) is 0 Å². The Morgan fingerprint density at radius 1 is 1.14 bits per heavy atom. The summed E-state index contributed by atoms with van der Waals surface area (Å²) in [5.41, 5.74) is 7.05. The van der Waals surface area contributed by atoms with Gasteiger partial charge < -0.3 is 0 Å². The molecule has 3 nitrogen and oxygen atoms in total. The van der Waals surface area contributed by atoms with Crippen LogP contribution >= 0.6 is 22.9 Å². The minimum absolute atomic E-state index is 0.754. The Balaban J connectivity index is 1.70. The second-order valence-electron chi connectivity index (χ2n) is 4.77. The van der Waals surface area contributed by atoms with E-state index in [4.69, 9.17) is 11.6 Å². The van der Waals surface area contributed by atoms with Gasteiger partial charge in [0.1, 0.15) is 0 Å². The van der Waals surface area contributed by atoms with Gasteiger partial charge in [-0.25, -0.2) is 4.98 Å². The maximum absolute atomic E-state index is 6.21. The van der Waals surface area contributed by atoms with Crippen LogP contribution < -0.4 is 5.43 Å². The highest BCUT2D eigenvalue weighted by Crippen LogP contribution is 2.27. The van der Waals surface area contributed by atoms with Crippen molar-refractivity contribution in [2.24, 2.45) is 5.10 Å². The van der Waals surface area contributed by atoms with E-state index < -0.39 is 0 Å². The van der Waals surface area contributed by atoms with E-state index in [2.05, 4.69) is 15.5 Å². The van der Waals surface area contributed by atoms with Crippen molar-refractivity contribution in [2.45, 2.75) is 6.92 Å². The molecule has 0 amide bonds. The van der Waals surface area contributed by atoms with Crippen LogP contribution in [-0.2, 0) is 0 Å². The molecule has 0 aliphatic heterocycles. The lowest BCUT2D eigenvalue weighted by Crippen LogP contribution is -1.90. The van der Waals surface area contributed by atoms with E-state index >= 15 is 0 Å². The van der Waals surface area contributed by atoms with Crippen molar-refractivity contribution in [3.63, 3.8) is 0 Å². The highest BCUT2D eigenvalue weighted by molar-refractivity contribution is 7.13. The van der Waals surface area contributed by atoms with Crippen LogP contribution in [0.2, 0.25) is 5.02 Å². The third-order valence-electron chi connectivity index (χ3n) is 3.09. The number of nitrogens with zero attached hydrogens (tertiary/aromatic N) is 2. The fraction of sp³-hybridized carbons (Fsp3) is 0.0588. The number of hydrogen-bond acceptors (Lipinski definition) is 4. The average molecular weight is 328 g/mol. The van der Waals surface area contributed by atoms with Gasteiger partial charge in [0.05, 0.1) is 11.9 Å². The van der Waals surface area contributed by atoms with Crippen molar-refractivity contribution < 1.29 is 0 Å². The Morgan fingerprint density at radius 3 is 2.59 bits per heavy atom. The van der Waals surface area contributed by atoms with Crippen LogP contribution in [0.15, 0.2) is 59.0 Å². The standard InChI is InChI=1S/C17H14ClN3S/c1-12-11-22-17(20-12)21-19-10-13-6-8-14(9-7-13)15-4-2-3-5-16(15)18/h2-11H,1H3,(H,20,21). The summed E-state index contributed by atoms with van der Waals surface area (Å²) in [7, 11) is 0. The molecule has 1 N–H and O–H groups in total. The van der Waals surface area contributed by atoms with Gasteiger partial charge in [-0.05, 0) is 24.1 Å². The van der Waals surface area contributed by atoms with Crippen LogP contribution in [0, 0.1) is 6.92 Å². The molecule has 0 radical (unpaired) electrons. The predicted molar refractivity (Wildman–Crippen MR) is 95.0 cm³/mol. The van der Waals surface area contributed by atoms with Gasteiger partial charge in [-0.15, -0.1) is 11.3 Å². The second kappa shape index (κ2) is 6.73. The average Bonchev–Trinajstić information content (AvgIpc) is 2.94. The number of benzene rings is 2. The summed E-state index contributed by atoms with van der Waals surface area (Å²) >= 11 is 7.75. The first-order chi connectivity index (χ1) is 10.7. The van der Waals surface area contributed by atoms with Crippen molar-refractivity contribution in [1.82, 2.24) is 4.98 Å². The lowest BCUT2D eigenvalue weighted by Gasteiger charge is -2.04. The first-order valence-corrected chi connectivity index (χ1v) is 8.04. The first-order valence-electron chi connectivity index (χ1n) is 6.78. The molecule has 2 aromatic carbocycles. The Labute approximate surface area is 138 Å². The zero-order valence-corrected chi connectivity index (χ0v) is 13.5. The topological polar surface area (TPSA) is 37.3 Å². The van der Waals surface area contributed by atoms with Gasteiger partial charge in [-0.3, -0.25) is 5.43 Å². The van der Waals surface area contributed by atoms with E-state index in [1.807, 2.05) is 60.8 Å². The van der Waals surface area contributed by atoms with E-state index in [1.165, 1.54) is 11.3 Å². The maximum atomic E-state index is 6.21. The molecule has 22 heavy (non-hydrogen) atoms. The third kappa shape index (κ3) is 3.53. The summed E-state index contributed by atoms with van der Waals surface area (Å²) in [6, 6.07) is 15.9. The van der Waals surface area contributed by atoms with Crippen LogP contribution in [-0.4, -0.2) is 11.2 Å². The minimum Gasteiger partial charge on any atom is -0.253 e. The summed E-state index contributed by atoms with van der Waals surface area (Å²) < 4.78 is 0. The Hall–Kier alpha value is -2.17. The third-order valence-corrected chi connectivity index (χ3v) is 4.28. The highest BCUT2D eigenvalue weighted by Gasteiger charge is 2.01. The smallest absolute Gasteiger partial charge is 0.203 e. The number of nitrogens with one attached hydrogen (secondary N) is 1. The summed E-state index contributed by atoms with van der Waals surface area (Å²) in [4.78, 5) is 4.28. The molecule has 5 heteroatoms. The van der Waals surface area contributed by atoms with Crippen LogP contribution in [0.25, 0.3) is 11.1 Å². The van der Waals surface area contributed by atoms with Gasteiger partial charge in [-0.1, -0.05) is 54.1 Å². The monoisotopic (exact) mass is 327 g/mol. The van der Waals surface area contributed by atoms with Crippen LogP contribution in [0.3, 0.4) is 0 Å². The predicted octanol–water partition coefficient (Wildman–Crippen LogP) is 5.22. The zero-order chi connectivity index (χ0) is 15.4. The molecule has 0 bridgehead atoms. The number of aryl methyl sites for hydroxylation is 1. The number of rotatable bonds is 4.